The second-order valence-electron chi connectivity index (χ2n) is 7.11. The third-order valence-corrected chi connectivity index (χ3v) is 6.18. The summed E-state index contributed by atoms with van der Waals surface area (Å²) in [6, 6.07) is 2.83. The minimum Gasteiger partial charge on any atom is -0.314 e. The summed E-state index contributed by atoms with van der Waals surface area (Å²) in [4.78, 5) is 0. The zero-order valence-corrected chi connectivity index (χ0v) is 14.9. The lowest BCUT2D eigenvalue weighted by atomic mass is 9.96. The molecular formula is C17H24BrF2N. The van der Waals surface area contributed by atoms with Crippen LogP contribution in [0.5, 0.6) is 0 Å². The molecule has 0 amide bonds. The van der Waals surface area contributed by atoms with Crippen LogP contribution < -0.4 is 5.32 Å². The fourth-order valence-corrected chi connectivity index (χ4v) is 4.17. The van der Waals surface area contributed by atoms with E-state index >= 15 is 0 Å². The molecule has 1 unspecified atom stereocenters. The molecule has 1 N–H and O–H groups in total. The van der Waals surface area contributed by atoms with E-state index in [0.29, 0.717) is 16.8 Å². The third-order valence-electron chi connectivity index (χ3n) is 5.56. The highest BCUT2D eigenvalue weighted by Gasteiger charge is 2.66. The van der Waals surface area contributed by atoms with Gasteiger partial charge in [-0.05, 0) is 57.8 Å². The first-order valence-corrected chi connectivity index (χ1v) is 8.29. The fraction of sp³-hybridized carbons (Fsp3) is 0.647. The molecule has 0 aliphatic heterocycles. The van der Waals surface area contributed by atoms with Crippen molar-refractivity contribution in [3.8, 4) is 0 Å². The van der Waals surface area contributed by atoms with E-state index in [-0.39, 0.29) is 22.4 Å². The van der Waals surface area contributed by atoms with E-state index in [2.05, 4.69) is 48.9 Å². The Balaban J connectivity index is 2.29. The Labute approximate surface area is 134 Å². The minimum absolute atomic E-state index is 0.0818. The van der Waals surface area contributed by atoms with Crippen molar-refractivity contribution in [2.24, 2.45) is 16.7 Å². The average Bonchev–Trinajstić information content (AvgIpc) is 2.79. The normalized spacial score (nSPS) is 21.3. The van der Waals surface area contributed by atoms with E-state index in [4.69, 9.17) is 0 Å². The number of likely N-dealkylation sites (N-methyl/N-ethyl adjacent to an activating group) is 1. The number of hydrogen-bond acceptors (Lipinski definition) is 1. The Morgan fingerprint density at radius 3 is 2.24 bits per heavy atom. The highest BCUT2D eigenvalue weighted by molar-refractivity contribution is 9.10. The van der Waals surface area contributed by atoms with Gasteiger partial charge in [-0.25, -0.2) is 8.78 Å². The molecule has 1 aromatic rings. The van der Waals surface area contributed by atoms with Crippen molar-refractivity contribution in [2.75, 3.05) is 6.54 Å². The number of benzene rings is 1. The molecule has 0 saturated heterocycles. The van der Waals surface area contributed by atoms with Crippen LogP contribution in [0.15, 0.2) is 16.6 Å². The topological polar surface area (TPSA) is 12.0 Å². The summed E-state index contributed by atoms with van der Waals surface area (Å²) in [5.74, 6) is -0.535. The summed E-state index contributed by atoms with van der Waals surface area (Å²) in [6.45, 7) is 11.8. The van der Waals surface area contributed by atoms with Crippen LogP contribution in [0.2, 0.25) is 0 Å². The quantitative estimate of drug-likeness (QED) is 0.734. The highest BCUT2D eigenvalue weighted by atomic mass is 79.9. The summed E-state index contributed by atoms with van der Waals surface area (Å²) in [6.07, 6.45) is 0.377. The Hall–Kier alpha value is -0.480. The Morgan fingerprint density at radius 1 is 1.19 bits per heavy atom. The van der Waals surface area contributed by atoms with Gasteiger partial charge in [-0.15, -0.1) is 0 Å². The van der Waals surface area contributed by atoms with E-state index in [9.17, 15) is 8.78 Å². The molecule has 0 heterocycles. The third kappa shape index (κ3) is 2.77. The lowest BCUT2D eigenvalue weighted by Gasteiger charge is -2.21. The Bertz CT molecular complexity index is 526. The molecule has 1 nitrogen and oxygen atoms in total. The smallest absolute Gasteiger partial charge is 0.143 e. The molecule has 0 bridgehead atoms. The minimum atomic E-state index is -0.478. The van der Waals surface area contributed by atoms with Crippen LogP contribution in [0.25, 0.3) is 0 Å². The van der Waals surface area contributed by atoms with Gasteiger partial charge >= 0.3 is 0 Å². The molecule has 1 saturated carbocycles. The molecule has 4 heteroatoms. The number of halogens is 3. The van der Waals surface area contributed by atoms with E-state index in [1.807, 2.05) is 6.92 Å². The summed E-state index contributed by atoms with van der Waals surface area (Å²) in [5, 5.41) is 3.43. The molecule has 1 aromatic carbocycles. The largest absolute Gasteiger partial charge is 0.314 e. The predicted octanol–water partition coefficient (Wildman–Crippen LogP) is 4.93. The van der Waals surface area contributed by atoms with Gasteiger partial charge in [0.1, 0.15) is 11.6 Å². The molecule has 0 spiro atoms. The van der Waals surface area contributed by atoms with Crippen molar-refractivity contribution >= 4 is 15.9 Å². The fourth-order valence-electron chi connectivity index (χ4n) is 3.80. The van der Waals surface area contributed by atoms with Crippen molar-refractivity contribution in [3.05, 3.63) is 33.8 Å². The number of hydrogen-bond donors (Lipinski definition) is 1. The maximum atomic E-state index is 14.2. The van der Waals surface area contributed by atoms with Crippen LogP contribution >= 0.6 is 15.9 Å². The first kappa shape index (κ1) is 16.9. The molecule has 21 heavy (non-hydrogen) atoms. The molecule has 1 fully saturated rings. The Morgan fingerprint density at radius 2 is 1.76 bits per heavy atom. The Kier molecular flexibility index (Phi) is 4.52. The van der Waals surface area contributed by atoms with Crippen LogP contribution in [0.4, 0.5) is 8.78 Å². The summed E-state index contributed by atoms with van der Waals surface area (Å²) in [7, 11) is 0. The van der Waals surface area contributed by atoms with Crippen LogP contribution in [-0.2, 0) is 6.42 Å². The molecule has 118 valence electrons. The number of rotatable bonds is 5. The zero-order chi connectivity index (χ0) is 16.0. The monoisotopic (exact) mass is 359 g/mol. The molecule has 2 rings (SSSR count). The lowest BCUT2D eigenvalue weighted by Crippen LogP contribution is -2.35. The van der Waals surface area contributed by atoms with Gasteiger partial charge in [0.15, 0.2) is 0 Å². The highest BCUT2D eigenvalue weighted by Crippen LogP contribution is 2.69. The average molecular weight is 360 g/mol. The van der Waals surface area contributed by atoms with Gasteiger partial charge in [-0.2, -0.15) is 0 Å². The summed E-state index contributed by atoms with van der Waals surface area (Å²) in [5.41, 5.74) is 0.534. The van der Waals surface area contributed by atoms with Crippen molar-refractivity contribution in [3.63, 3.8) is 0 Å². The van der Waals surface area contributed by atoms with Crippen molar-refractivity contribution < 1.29 is 8.78 Å². The first-order valence-electron chi connectivity index (χ1n) is 7.50. The van der Waals surface area contributed by atoms with Gasteiger partial charge in [0, 0.05) is 11.6 Å². The van der Waals surface area contributed by atoms with Crippen LogP contribution in [0, 0.1) is 28.4 Å². The van der Waals surface area contributed by atoms with Crippen LogP contribution in [-0.4, -0.2) is 12.6 Å². The molecule has 1 atom stereocenters. The van der Waals surface area contributed by atoms with E-state index in [0.717, 1.165) is 6.54 Å². The molecule has 0 aromatic heterocycles. The maximum Gasteiger partial charge on any atom is 0.143 e. The van der Waals surface area contributed by atoms with Gasteiger partial charge in [0.25, 0.3) is 0 Å². The zero-order valence-electron chi connectivity index (χ0n) is 13.4. The van der Waals surface area contributed by atoms with E-state index in [1.165, 1.54) is 12.1 Å². The van der Waals surface area contributed by atoms with E-state index in [1.54, 1.807) is 0 Å². The predicted molar refractivity (Wildman–Crippen MR) is 86.3 cm³/mol. The van der Waals surface area contributed by atoms with Gasteiger partial charge in [0.2, 0.25) is 0 Å². The first-order chi connectivity index (χ1) is 9.64. The van der Waals surface area contributed by atoms with Crippen molar-refractivity contribution in [2.45, 2.75) is 47.1 Å². The number of nitrogens with one attached hydrogen (secondary N) is 1. The van der Waals surface area contributed by atoms with Gasteiger partial charge in [0.05, 0.1) is 4.47 Å². The van der Waals surface area contributed by atoms with Gasteiger partial charge in [-0.1, -0.05) is 34.6 Å². The summed E-state index contributed by atoms with van der Waals surface area (Å²) < 4.78 is 28.6. The van der Waals surface area contributed by atoms with Crippen molar-refractivity contribution in [1.82, 2.24) is 5.32 Å². The maximum absolute atomic E-state index is 14.2. The van der Waals surface area contributed by atoms with Crippen LogP contribution in [0.1, 0.15) is 40.2 Å². The second kappa shape index (κ2) is 5.62. The molecule has 0 radical (unpaired) electrons. The SMILES string of the molecule is CCNC(Cc1c(F)ccc(Br)c1F)C1C(C)(C)C1(C)C. The van der Waals surface area contributed by atoms with E-state index < -0.39 is 11.6 Å². The molecular weight excluding hydrogens is 336 g/mol. The lowest BCUT2D eigenvalue weighted by molar-refractivity contribution is 0.391. The van der Waals surface area contributed by atoms with Gasteiger partial charge in [-0.3, -0.25) is 0 Å². The molecule has 1 aliphatic rings. The summed E-state index contributed by atoms with van der Waals surface area (Å²) >= 11 is 3.14. The standard InChI is InChI=1S/C17H24BrF2N/c1-6-21-13(15-16(2,3)17(15,4)5)9-10-12(19)8-7-11(18)14(10)20/h7-8,13,15,21H,6,9H2,1-5H3. The van der Waals surface area contributed by atoms with Crippen molar-refractivity contribution in [1.29, 1.82) is 0 Å². The second-order valence-corrected chi connectivity index (χ2v) is 7.97. The van der Waals surface area contributed by atoms with Gasteiger partial charge < -0.3 is 5.32 Å². The van der Waals surface area contributed by atoms with Crippen LogP contribution in [0.3, 0.4) is 0 Å². The molecule has 1 aliphatic carbocycles.